The average molecular weight is 298 g/mol. The summed E-state index contributed by atoms with van der Waals surface area (Å²) in [7, 11) is -5.25. The van der Waals surface area contributed by atoms with Gasteiger partial charge in [-0.15, -0.1) is 0 Å². The van der Waals surface area contributed by atoms with Crippen LogP contribution in [0.5, 0.6) is 0 Å². The Morgan fingerprint density at radius 3 is 2.11 bits per heavy atom. The summed E-state index contributed by atoms with van der Waals surface area (Å²) < 4.78 is 94.3. The minimum Gasteiger partial charge on any atom is -0.320 e. The Bertz CT molecular complexity index is 373. The third-order valence-corrected chi connectivity index (χ3v) is 3.94. The fourth-order valence-corrected chi connectivity index (χ4v) is 2.70. The molecule has 0 heterocycles. The van der Waals surface area contributed by atoms with E-state index >= 15 is 0 Å². The molecule has 1 N–H and O–H groups in total. The number of hydrogen-bond acceptors (Lipinski definition) is 3. The summed E-state index contributed by atoms with van der Waals surface area (Å²) in [6.07, 6.45) is -6.93. The van der Waals surface area contributed by atoms with Crippen molar-refractivity contribution in [1.29, 1.82) is 0 Å². The van der Waals surface area contributed by atoms with Crippen molar-refractivity contribution in [2.24, 2.45) is 5.92 Å². The first kappa shape index (κ1) is 15.6. The molecule has 1 aliphatic carbocycles. The molecule has 0 aromatic carbocycles. The van der Waals surface area contributed by atoms with Crippen LogP contribution in [-0.2, 0) is 14.9 Å². The molecule has 0 aliphatic heterocycles. The second kappa shape index (κ2) is 5.25. The van der Waals surface area contributed by atoms with E-state index in [2.05, 4.69) is 4.74 Å². The van der Waals surface area contributed by atoms with Crippen LogP contribution in [0.4, 0.5) is 22.0 Å². The van der Waals surface area contributed by atoms with Gasteiger partial charge in [-0.3, -0.25) is 4.55 Å². The van der Waals surface area contributed by atoms with Gasteiger partial charge in [0.1, 0.15) is 0 Å². The first-order valence-corrected chi connectivity index (χ1v) is 6.47. The summed E-state index contributed by atoms with van der Waals surface area (Å²) in [5.74, 6) is -0.706. The standard InChI is InChI=1S/C8H11F5O4S/c9-7(10)17-5-1-4(2-5)3-6(8(11,12)13)18(14,15)16/h4-7H,1-3H2,(H,14,15,16). The average Bonchev–Trinajstić information content (AvgIpc) is 2.03. The molecule has 0 spiro atoms. The molecule has 1 fully saturated rings. The Hall–Kier alpha value is -0.480. The summed E-state index contributed by atoms with van der Waals surface area (Å²) in [6.45, 7) is -3.00. The Morgan fingerprint density at radius 1 is 1.28 bits per heavy atom. The number of rotatable bonds is 5. The van der Waals surface area contributed by atoms with E-state index in [4.69, 9.17) is 4.55 Å². The lowest BCUT2D eigenvalue weighted by atomic mass is 9.79. The van der Waals surface area contributed by atoms with Crippen LogP contribution >= 0.6 is 0 Å². The van der Waals surface area contributed by atoms with Gasteiger partial charge in [0.25, 0.3) is 10.1 Å². The molecule has 1 aliphatic rings. The van der Waals surface area contributed by atoms with Gasteiger partial charge in [-0.05, 0) is 25.2 Å². The molecule has 0 bridgehead atoms. The van der Waals surface area contributed by atoms with Gasteiger partial charge in [-0.25, -0.2) is 0 Å². The topological polar surface area (TPSA) is 63.6 Å². The summed E-state index contributed by atoms with van der Waals surface area (Å²) in [6, 6.07) is 0. The second-order valence-electron chi connectivity index (χ2n) is 4.14. The van der Waals surface area contributed by atoms with Gasteiger partial charge < -0.3 is 4.74 Å². The van der Waals surface area contributed by atoms with Crippen LogP contribution in [0.2, 0.25) is 0 Å². The van der Waals surface area contributed by atoms with E-state index in [1.54, 1.807) is 0 Å². The molecule has 0 aromatic rings. The molecular weight excluding hydrogens is 287 g/mol. The zero-order chi connectivity index (χ0) is 14.1. The van der Waals surface area contributed by atoms with E-state index in [0.717, 1.165) is 0 Å². The molecule has 1 rings (SSSR count). The van der Waals surface area contributed by atoms with Crippen LogP contribution in [0.25, 0.3) is 0 Å². The van der Waals surface area contributed by atoms with Crippen molar-refractivity contribution in [3.8, 4) is 0 Å². The van der Waals surface area contributed by atoms with E-state index in [9.17, 15) is 30.4 Å². The van der Waals surface area contributed by atoms with Crippen molar-refractivity contribution >= 4 is 10.1 Å². The second-order valence-corrected chi connectivity index (χ2v) is 5.74. The van der Waals surface area contributed by atoms with Gasteiger partial charge in [0, 0.05) is 0 Å². The third-order valence-electron chi connectivity index (χ3n) is 2.76. The lowest BCUT2D eigenvalue weighted by molar-refractivity contribution is -0.195. The maximum atomic E-state index is 12.4. The number of ether oxygens (including phenoxy) is 1. The third kappa shape index (κ3) is 4.32. The van der Waals surface area contributed by atoms with E-state index in [-0.39, 0.29) is 12.8 Å². The van der Waals surface area contributed by atoms with E-state index < -0.39 is 46.6 Å². The zero-order valence-electron chi connectivity index (χ0n) is 8.90. The van der Waals surface area contributed by atoms with Gasteiger partial charge in [0.2, 0.25) is 0 Å². The lowest BCUT2D eigenvalue weighted by Crippen LogP contribution is -2.42. The lowest BCUT2D eigenvalue weighted by Gasteiger charge is -2.36. The highest BCUT2D eigenvalue weighted by molar-refractivity contribution is 7.86. The SMILES string of the molecule is O=S(=O)(O)C(CC1CC(OC(F)F)C1)C(F)(F)F. The molecule has 108 valence electrons. The van der Waals surface area contributed by atoms with Crippen molar-refractivity contribution in [3.63, 3.8) is 0 Å². The molecule has 0 amide bonds. The molecule has 1 atom stereocenters. The maximum Gasteiger partial charge on any atom is 0.407 e. The quantitative estimate of drug-likeness (QED) is 0.624. The van der Waals surface area contributed by atoms with Gasteiger partial charge in [0.05, 0.1) is 6.10 Å². The predicted octanol–water partition coefficient (Wildman–Crippen LogP) is 2.21. The van der Waals surface area contributed by atoms with Gasteiger partial charge in [0.15, 0.2) is 5.25 Å². The molecule has 0 saturated heterocycles. The smallest absolute Gasteiger partial charge is 0.320 e. The van der Waals surface area contributed by atoms with Crippen molar-refractivity contribution in [2.75, 3.05) is 0 Å². The van der Waals surface area contributed by atoms with Crippen LogP contribution in [0.1, 0.15) is 19.3 Å². The summed E-state index contributed by atoms with van der Waals surface area (Å²) in [4.78, 5) is 0. The van der Waals surface area contributed by atoms with Gasteiger partial charge >= 0.3 is 12.8 Å². The predicted molar refractivity (Wildman–Crippen MR) is 49.6 cm³/mol. The number of hydrogen-bond donors (Lipinski definition) is 1. The van der Waals surface area contributed by atoms with E-state index in [1.807, 2.05) is 0 Å². The summed E-state index contributed by atoms with van der Waals surface area (Å²) in [5, 5.41) is -2.87. The van der Waals surface area contributed by atoms with Crippen molar-refractivity contribution in [2.45, 2.75) is 43.4 Å². The number of alkyl halides is 5. The largest absolute Gasteiger partial charge is 0.407 e. The summed E-state index contributed by atoms with van der Waals surface area (Å²) in [5.41, 5.74) is 0. The Balaban J connectivity index is 2.52. The maximum absolute atomic E-state index is 12.4. The highest BCUT2D eigenvalue weighted by Gasteiger charge is 2.50. The number of halogens is 5. The Kier molecular flexibility index (Phi) is 4.55. The molecule has 10 heteroatoms. The van der Waals surface area contributed by atoms with Crippen LogP contribution in [0.3, 0.4) is 0 Å². The van der Waals surface area contributed by atoms with Gasteiger partial charge in [-0.1, -0.05) is 0 Å². The normalized spacial score (nSPS) is 27.1. The zero-order valence-corrected chi connectivity index (χ0v) is 9.72. The Morgan fingerprint density at radius 2 is 1.78 bits per heavy atom. The Labute approximate surface area is 99.9 Å². The van der Waals surface area contributed by atoms with E-state index in [0.29, 0.717) is 0 Å². The van der Waals surface area contributed by atoms with Crippen molar-refractivity contribution < 1.29 is 39.7 Å². The molecule has 4 nitrogen and oxygen atoms in total. The summed E-state index contributed by atoms with van der Waals surface area (Å²) >= 11 is 0. The fourth-order valence-electron chi connectivity index (χ4n) is 1.85. The van der Waals surface area contributed by atoms with Crippen LogP contribution in [0.15, 0.2) is 0 Å². The minimum atomic E-state index is -5.25. The van der Waals surface area contributed by atoms with Crippen molar-refractivity contribution in [3.05, 3.63) is 0 Å². The monoisotopic (exact) mass is 298 g/mol. The highest BCUT2D eigenvalue weighted by Crippen LogP contribution is 2.39. The fraction of sp³-hybridized carbons (Fsp3) is 1.00. The molecule has 0 radical (unpaired) electrons. The molecule has 0 aromatic heterocycles. The molecular formula is C8H11F5O4S. The molecule has 1 saturated carbocycles. The molecule has 18 heavy (non-hydrogen) atoms. The van der Waals surface area contributed by atoms with Crippen molar-refractivity contribution in [1.82, 2.24) is 0 Å². The van der Waals surface area contributed by atoms with Crippen LogP contribution in [-0.4, -0.2) is 37.1 Å². The first-order valence-electron chi connectivity index (χ1n) is 4.96. The highest BCUT2D eigenvalue weighted by atomic mass is 32.2. The first-order chi connectivity index (χ1) is 8.00. The van der Waals surface area contributed by atoms with Gasteiger partial charge in [-0.2, -0.15) is 30.4 Å². The molecule has 1 unspecified atom stereocenters. The van der Waals surface area contributed by atoms with E-state index in [1.165, 1.54) is 0 Å². The van der Waals surface area contributed by atoms with Crippen LogP contribution in [0, 0.1) is 5.92 Å². The minimum absolute atomic E-state index is 0.0769. The van der Waals surface area contributed by atoms with Crippen LogP contribution < -0.4 is 0 Å².